The second-order valence-electron chi connectivity index (χ2n) is 3.79. The molecule has 0 bridgehead atoms. The van der Waals surface area contributed by atoms with Crippen molar-refractivity contribution in [1.29, 1.82) is 0 Å². The van der Waals surface area contributed by atoms with Gasteiger partial charge >= 0.3 is 0 Å². The number of halogens is 1. The van der Waals surface area contributed by atoms with E-state index in [1.165, 1.54) is 24.3 Å². The SMILES string of the molecule is Nc1cc(Br)ccc1NC1CCCSC1. The van der Waals surface area contributed by atoms with E-state index >= 15 is 0 Å². The molecule has 0 saturated carbocycles. The van der Waals surface area contributed by atoms with E-state index in [0.29, 0.717) is 6.04 Å². The maximum absolute atomic E-state index is 5.94. The van der Waals surface area contributed by atoms with Gasteiger partial charge in [0.2, 0.25) is 0 Å². The van der Waals surface area contributed by atoms with Gasteiger partial charge in [-0.2, -0.15) is 11.8 Å². The molecule has 0 aliphatic carbocycles. The van der Waals surface area contributed by atoms with Gasteiger partial charge in [0.05, 0.1) is 11.4 Å². The number of hydrogen-bond acceptors (Lipinski definition) is 3. The average molecular weight is 287 g/mol. The predicted molar refractivity (Wildman–Crippen MR) is 72.5 cm³/mol. The van der Waals surface area contributed by atoms with Gasteiger partial charge in [-0.15, -0.1) is 0 Å². The van der Waals surface area contributed by atoms with Gasteiger partial charge in [-0.1, -0.05) is 15.9 Å². The Morgan fingerprint density at radius 1 is 1.47 bits per heavy atom. The quantitative estimate of drug-likeness (QED) is 0.819. The number of benzene rings is 1. The first-order valence-electron chi connectivity index (χ1n) is 5.15. The summed E-state index contributed by atoms with van der Waals surface area (Å²) in [5.74, 6) is 2.49. The van der Waals surface area contributed by atoms with Crippen LogP contribution in [0, 0.1) is 0 Å². The molecule has 3 N–H and O–H groups in total. The Labute approximate surface area is 103 Å². The van der Waals surface area contributed by atoms with E-state index in [9.17, 15) is 0 Å². The zero-order valence-electron chi connectivity index (χ0n) is 8.50. The molecule has 1 aliphatic rings. The topological polar surface area (TPSA) is 38.0 Å². The third-order valence-electron chi connectivity index (χ3n) is 2.53. The molecule has 2 nitrogen and oxygen atoms in total. The van der Waals surface area contributed by atoms with Gasteiger partial charge in [-0.25, -0.2) is 0 Å². The van der Waals surface area contributed by atoms with E-state index < -0.39 is 0 Å². The molecule has 2 rings (SSSR count). The fourth-order valence-corrected chi connectivity index (χ4v) is 3.19. The van der Waals surface area contributed by atoms with Crippen molar-refractivity contribution in [3.05, 3.63) is 22.7 Å². The molecular formula is C11H15BrN2S. The van der Waals surface area contributed by atoms with E-state index in [2.05, 4.69) is 21.2 Å². The van der Waals surface area contributed by atoms with Crippen LogP contribution in [0.2, 0.25) is 0 Å². The maximum Gasteiger partial charge on any atom is 0.0577 e. The molecule has 1 heterocycles. The van der Waals surface area contributed by atoms with Gasteiger partial charge in [0.1, 0.15) is 0 Å². The van der Waals surface area contributed by atoms with Crippen molar-refractivity contribution in [3.8, 4) is 0 Å². The smallest absolute Gasteiger partial charge is 0.0577 e. The number of anilines is 2. The van der Waals surface area contributed by atoms with E-state index in [0.717, 1.165) is 15.8 Å². The summed E-state index contributed by atoms with van der Waals surface area (Å²) >= 11 is 5.43. The van der Waals surface area contributed by atoms with Crippen molar-refractivity contribution in [1.82, 2.24) is 0 Å². The van der Waals surface area contributed by atoms with Crippen molar-refractivity contribution in [2.24, 2.45) is 0 Å². The largest absolute Gasteiger partial charge is 0.397 e. The fraction of sp³-hybridized carbons (Fsp3) is 0.455. The van der Waals surface area contributed by atoms with Gasteiger partial charge in [0, 0.05) is 16.3 Å². The Kier molecular flexibility index (Phi) is 3.81. The van der Waals surface area contributed by atoms with Crippen molar-refractivity contribution in [2.75, 3.05) is 22.6 Å². The molecule has 15 heavy (non-hydrogen) atoms. The Morgan fingerprint density at radius 3 is 3.00 bits per heavy atom. The Balaban J connectivity index is 2.03. The van der Waals surface area contributed by atoms with Crippen LogP contribution in [-0.2, 0) is 0 Å². The molecule has 1 saturated heterocycles. The summed E-state index contributed by atoms with van der Waals surface area (Å²) in [7, 11) is 0. The van der Waals surface area contributed by atoms with Crippen LogP contribution < -0.4 is 11.1 Å². The highest BCUT2D eigenvalue weighted by molar-refractivity contribution is 9.10. The van der Waals surface area contributed by atoms with Gasteiger partial charge < -0.3 is 11.1 Å². The van der Waals surface area contributed by atoms with Gasteiger partial charge in [0.15, 0.2) is 0 Å². The van der Waals surface area contributed by atoms with E-state index in [4.69, 9.17) is 5.73 Å². The molecule has 1 atom stereocenters. The van der Waals surface area contributed by atoms with Crippen LogP contribution in [0.25, 0.3) is 0 Å². The molecular weight excluding hydrogens is 272 g/mol. The number of thioether (sulfide) groups is 1. The molecule has 4 heteroatoms. The first-order valence-corrected chi connectivity index (χ1v) is 7.10. The second kappa shape index (κ2) is 5.12. The molecule has 0 aromatic heterocycles. The van der Waals surface area contributed by atoms with Crippen LogP contribution in [0.1, 0.15) is 12.8 Å². The van der Waals surface area contributed by atoms with Crippen LogP contribution in [0.4, 0.5) is 11.4 Å². The number of hydrogen-bond donors (Lipinski definition) is 2. The lowest BCUT2D eigenvalue weighted by Gasteiger charge is -2.24. The van der Waals surface area contributed by atoms with Crippen LogP contribution >= 0.6 is 27.7 Å². The molecule has 82 valence electrons. The van der Waals surface area contributed by atoms with Gasteiger partial charge in [-0.3, -0.25) is 0 Å². The minimum atomic E-state index is 0.576. The Morgan fingerprint density at radius 2 is 2.33 bits per heavy atom. The third kappa shape index (κ3) is 3.05. The molecule has 1 aromatic rings. The third-order valence-corrected chi connectivity index (χ3v) is 4.24. The van der Waals surface area contributed by atoms with Gasteiger partial charge in [0.25, 0.3) is 0 Å². The summed E-state index contributed by atoms with van der Waals surface area (Å²) in [5.41, 5.74) is 7.82. The van der Waals surface area contributed by atoms with Gasteiger partial charge in [-0.05, 0) is 36.8 Å². The molecule has 0 radical (unpaired) electrons. The highest BCUT2D eigenvalue weighted by Crippen LogP contribution is 2.26. The van der Waals surface area contributed by atoms with E-state index in [-0.39, 0.29) is 0 Å². The normalized spacial score (nSPS) is 21.3. The zero-order valence-corrected chi connectivity index (χ0v) is 10.9. The molecule has 1 unspecified atom stereocenters. The first-order chi connectivity index (χ1) is 7.25. The van der Waals surface area contributed by atoms with Crippen molar-refractivity contribution >= 4 is 39.1 Å². The number of nitrogen functional groups attached to an aromatic ring is 1. The minimum Gasteiger partial charge on any atom is -0.397 e. The van der Waals surface area contributed by atoms with Crippen LogP contribution in [0.15, 0.2) is 22.7 Å². The number of nitrogens with one attached hydrogen (secondary N) is 1. The average Bonchev–Trinajstić information content (AvgIpc) is 2.24. The lowest BCUT2D eigenvalue weighted by molar-refractivity contribution is 0.685. The maximum atomic E-state index is 5.94. The molecule has 1 fully saturated rings. The molecule has 1 aromatic carbocycles. The predicted octanol–water partition coefficient (Wildman–Crippen LogP) is 3.34. The van der Waals surface area contributed by atoms with Crippen LogP contribution in [0.5, 0.6) is 0 Å². The monoisotopic (exact) mass is 286 g/mol. The summed E-state index contributed by atoms with van der Waals surface area (Å²) in [6.07, 6.45) is 2.56. The first kappa shape index (κ1) is 11.1. The summed E-state index contributed by atoms with van der Waals surface area (Å²) in [5, 5.41) is 3.51. The Bertz CT molecular complexity index is 337. The highest BCUT2D eigenvalue weighted by atomic mass is 79.9. The Hall–Kier alpha value is -0.350. The summed E-state index contributed by atoms with van der Waals surface area (Å²) in [4.78, 5) is 0. The summed E-state index contributed by atoms with van der Waals surface area (Å²) in [6.45, 7) is 0. The van der Waals surface area contributed by atoms with Crippen molar-refractivity contribution in [3.63, 3.8) is 0 Å². The standard InChI is InChI=1S/C11H15BrN2S/c12-8-3-4-11(10(13)6-8)14-9-2-1-5-15-7-9/h3-4,6,9,14H,1-2,5,7,13H2. The zero-order chi connectivity index (χ0) is 10.7. The minimum absolute atomic E-state index is 0.576. The summed E-state index contributed by atoms with van der Waals surface area (Å²) < 4.78 is 1.03. The molecule has 0 amide bonds. The van der Waals surface area contributed by atoms with E-state index in [1.54, 1.807) is 0 Å². The molecule has 1 aliphatic heterocycles. The highest BCUT2D eigenvalue weighted by Gasteiger charge is 2.14. The lowest BCUT2D eigenvalue weighted by atomic mass is 10.1. The van der Waals surface area contributed by atoms with Crippen LogP contribution in [-0.4, -0.2) is 17.5 Å². The molecule has 0 spiro atoms. The van der Waals surface area contributed by atoms with E-state index in [1.807, 2.05) is 30.0 Å². The number of nitrogens with two attached hydrogens (primary N) is 1. The lowest BCUT2D eigenvalue weighted by Crippen LogP contribution is -2.26. The van der Waals surface area contributed by atoms with Crippen LogP contribution in [0.3, 0.4) is 0 Å². The van der Waals surface area contributed by atoms with Crippen molar-refractivity contribution in [2.45, 2.75) is 18.9 Å². The fourth-order valence-electron chi connectivity index (χ4n) is 1.74. The second-order valence-corrected chi connectivity index (χ2v) is 5.86. The number of rotatable bonds is 2. The van der Waals surface area contributed by atoms with Crippen molar-refractivity contribution < 1.29 is 0 Å². The summed E-state index contributed by atoms with van der Waals surface area (Å²) in [6, 6.07) is 6.58.